The van der Waals surface area contributed by atoms with Gasteiger partial charge in [-0.1, -0.05) is 18.2 Å². The van der Waals surface area contributed by atoms with Gasteiger partial charge in [0, 0.05) is 20.1 Å². The van der Waals surface area contributed by atoms with E-state index in [9.17, 15) is 8.42 Å². The fourth-order valence-electron chi connectivity index (χ4n) is 1.55. The molecule has 0 bridgehead atoms. The van der Waals surface area contributed by atoms with E-state index in [4.69, 9.17) is 0 Å². The average Bonchev–Trinajstić information content (AvgIpc) is 2.39. The molecule has 1 aromatic carbocycles. The van der Waals surface area contributed by atoms with Gasteiger partial charge in [0.15, 0.2) is 0 Å². The van der Waals surface area contributed by atoms with Crippen LogP contribution in [0, 0.1) is 0 Å². The van der Waals surface area contributed by atoms with Gasteiger partial charge in [-0.2, -0.15) is 0 Å². The van der Waals surface area contributed by atoms with Crippen molar-refractivity contribution < 1.29 is 8.42 Å². The molecule has 1 rings (SSSR count). The molecule has 0 aliphatic carbocycles. The molecule has 1 N–H and O–H groups in total. The SMILES string of the molecule is CCN(CC)C(=NC)NS(=O)(=O)c1ccccc1. The number of sulfonamides is 1. The van der Waals surface area contributed by atoms with Gasteiger partial charge in [-0.3, -0.25) is 4.99 Å². The topological polar surface area (TPSA) is 61.8 Å². The van der Waals surface area contributed by atoms with Gasteiger partial charge >= 0.3 is 0 Å². The molecule has 0 spiro atoms. The number of rotatable bonds is 4. The maximum absolute atomic E-state index is 12.1. The number of benzene rings is 1. The average molecular weight is 269 g/mol. The van der Waals surface area contributed by atoms with E-state index >= 15 is 0 Å². The Bertz CT molecular complexity index is 493. The standard InChI is InChI=1S/C12H19N3O2S/c1-4-15(5-2)12(13-3)14-18(16,17)11-9-7-6-8-10-11/h6-10H,4-5H2,1-3H3,(H,13,14). The first-order valence-corrected chi connectivity index (χ1v) is 7.33. The molecular formula is C12H19N3O2S. The molecule has 0 aromatic heterocycles. The molecule has 100 valence electrons. The summed E-state index contributed by atoms with van der Waals surface area (Å²) >= 11 is 0. The summed E-state index contributed by atoms with van der Waals surface area (Å²) in [6.07, 6.45) is 0. The molecule has 0 radical (unpaired) electrons. The van der Waals surface area contributed by atoms with Crippen LogP contribution in [-0.2, 0) is 10.0 Å². The first-order chi connectivity index (χ1) is 8.55. The highest BCUT2D eigenvalue weighted by Crippen LogP contribution is 2.07. The molecule has 0 aliphatic rings. The number of aliphatic imine (C=N–C) groups is 1. The summed E-state index contributed by atoms with van der Waals surface area (Å²) < 4.78 is 26.7. The lowest BCUT2D eigenvalue weighted by Gasteiger charge is -2.23. The van der Waals surface area contributed by atoms with Crippen molar-refractivity contribution in [3.8, 4) is 0 Å². The van der Waals surface area contributed by atoms with Crippen LogP contribution in [0.1, 0.15) is 13.8 Å². The van der Waals surface area contributed by atoms with Crippen molar-refractivity contribution in [1.82, 2.24) is 9.62 Å². The van der Waals surface area contributed by atoms with Crippen LogP contribution >= 0.6 is 0 Å². The Morgan fingerprint density at radius 3 is 2.22 bits per heavy atom. The number of hydrogen-bond acceptors (Lipinski definition) is 3. The fourth-order valence-corrected chi connectivity index (χ4v) is 2.65. The van der Waals surface area contributed by atoms with Gasteiger partial charge in [0.2, 0.25) is 5.96 Å². The van der Waals surface area contributed by atoms with Crippen LogP contribution in [0.25, 0.3) is 0 Å². The van der Waals surface area contributed by atoms with Gasteiger partial charge < -0.3 is 4.90 Å². The minimum absolute atomic E-state index is 0.235. The van der Waals surface area contributed by atoms with Gasteiger partial charge in [0.1, 0.15) is 0 Å². The van der Waals surface area contributed by atoms with Crippen molar-refractivity contribution >= 4 is 16.0 Å². The summed E-state index contributed by atoms with van der Waals surface area (Å²) in [5.41, 5.74) is 0. The van der Waals surface area contributed by atoms with E-state index in [0.717, 1.165) is 0 Å². The number of nitrogens with zero attached hydrogens (tertiary/aromatic N) is 2. The zero-order valence-corrected chi connectivity index (χ0v) is 11.7. The third-order valence-electron chi connectivity index (χ3n) is 2.55. The molecule has 0 fully saturated rings. The van der Waals surface area contributed by atoms with Gasteiger partial charge in [-0.25, -0.2) is 13.1 Å². The Balaban J connectivity index is 2.96. The van der Waals surface area contributed by atoms with E-state index in [-0.39, 0.29) is 4.90 Å². The van der Waals surface area contributed by atoms with Crippen LogP contribution in [-0.4, -0.2) is 39.4 Å². The predicted octanol–water partition coefficient (Wildman–Crippen LogP) is 1.29. The van der Waals surface area contributed by atoms with Crippen LogP contribution in [0.4, 0.5) is 0 Å². The Hall–Kier alpha value is -1.56. The lowest BCUT2D eigenvalue weighted by Crippen LogP contribution is -2.43. The maximum atomic E-state index is 12.1. The van der Waals surface area contributed by atoms with Gasteiger partial charge in [0.25, 0.3) is 10.0 Å². The minimum Gasteiger partial charge on any atom is -0.343 e. The van der Waals surface area contributed by atoms with Gasteiger partial charge in [-0.05, 0) is 26.0 Å². The fraction of sp³-hybridized carbons (Fsp3) is 0.417. The second-order valence-corrected chi connectivity index (χ2v) is 5.32. The molecular weight excluding hydrogens is 250 g/mol. The van der Waals surface area contributed by atoms with Crippen molar-refractivity contribution in [3.05, 3.63) is 30.3 Å². The van der Waals surface area contributed by atoms with E-state index < -0.39 is 10.0 Å². The molecule has 0 amide bonds. The summed E-state index contributed by atoms with van der Waals surface area (Å²) in [5, 5.41) is 0. The monoisotopic (exact) mass is 269 g/mol. The third-order valence-corrected chi connectivity index (χ3v) is 3.90. The van der Waals surface area contributed by atoms with Crippen molar-refractivity contribution in [2.75, 3.05) is 20.1 Å². The van der Waals surface area contributed by atoms with E-state index in [2.05, 4.69) is 9.71 Å². The minimum atomic E-state index is -3.56. The van der Waals surface area contributed by atoms with E-state index in [1.54, 1.807) is 37.4 Å². The third kappa shape index (κ3) is 3.46. The number of guanidine groups is 1. The highest BCUT2D eigenvalue weighted by Gasteiger charge is 2.18. The lowest BCUT2D eigenvalue weighted by atomic mass is 10.4. The summed E-state index contributed by atoms with van der Waals surface area (Å²) in [7, 11) is -1.99. The van der Waals surface area contributed by atoms with Crippen LogP contribution < -0.4 is 4.72 Å². The van der Waals surface area contributed by atoms with Gasteiger partial charge in [-0.15, -0.1) is 0 Å². The molecule has 18 heavy (non-hydrogen) atoms. The Morgan fingerprint density at radius 1 is 1.22 bits per heavy atom. The molecule has 0 unspecified atom stereocenters. The van der Waals surface area contributed by atoms with Crippen LogP contribution in [0.5, 0.6) is 0 Å². The van der Waals surface area contributed by atoms with E-state index in [0.29, 0.717) is 19.0 Å². The van der Waals surface area contributed by atoms with Crippen molar-refractivity contribution in [2.45, 2.75) is 18.7 Å². The maximum Gasteiger partial charge on any atom is 0.264 e. The number of hydrogen-bond donors (Lipinski definition) is 1. The predicted molar refractivity (Wildman–Crippen MR) is 73.0 cm³/mol. The Labute approximate surface area is 109 Å². The summed E-state index contributed by atoms with van der Waals surface area (Å²) in [4.78, 5) is 6.08. The van der Waals surface area contributed by atoms with E-state index in [1.165, 1.54) is 0 Å². The molecule has 0 heterocycles. The Morgan fingerprint density at radius 2 is 1.78 bits per heavy atom. The van der Waals surface area contributed by atoms with Crippen molar-refractivity contribution in [3.63, 3.8) is 0 Å². The summed E-state index contributed by atoms with van der Waals surface area (Å²) in [6.45, 7) is 5.29. The molecule has 0 saturated heterocycles. The molecule has 5 nitrogen and oxygen atoms in total. The molecule has 1 aromatic rings. The Kier molecular flexibility index (Phi) is 5.15. The zero-order chi connectivity index (χ0) is 13.6. The van der Waals surface area contributed by atoms with Crippen LogP contribution in [0.2, 0.25) is 0 Å². The van der Waals surface area contributed by atoms with Crippen molar-refractivity contribution in [1.29, 1.82) is 0 Å². The normalized spacial score (nSPS) is 12.3. The first kappa shape index (κ1) is 14.5. The lowest BCUT2D eigenvalue weighted by molar-refractivity contribution is 0.453. The highest BCUT2D eigenvalue weighted by atomic mass is 32.2. The van der Waals surface area contributed by atoms with E-state index in [1.807, 2.05) is 18.7 Å². The second kappa shape index (κ2) is 6.39. The van der Waals surface area contributed by atoms with Crippen LogP contribution in [0.3, 0.4) is 0 Å². The summed E-state index contributed by atoms with van der Waals surface area (Å²) in [6, 6.07) is 8.26. The first-order valence-electron chi connectivity index (χ1n) is 5.84. The zero-order valence-electron chi connectivity index (χ0n) is 10.9. The van der Waals surface area contributed by atoms with Gasteiger partial charge in [0.05, 0.1) is 4.90 Å². The number of nitrogens with one attached hydrogen (secondary N) is 1. The molecule has 6 heteroatoms. The smallest absolute Gasteiger partial charge is 0.264 e. The summed E-state index contributed by atoms with van der Waals surface area (Å²) in [5.74, 6) is 0.365. The largest absolute Gasteiger partial charge is 0.343 e. The molecule has 0 atom stereocenters. The van der Waals surface area contributed by atoms with Crippen molar-refractivity contribution in [2.24, 2.45) is 4.99 Å². The quantitative estimate of drug-likeness (QED) is 0.662. The molecule has 0 saturated carbocycles. The van der Waals surface area contributed by atoms with Crippen LogP contribution in [0.15, 0.2) is 40.2 Å². The second-order valence-electron chi connectivity index (χ2n) is 3.64. The molecule has 0 aliphatic heterocycles. The highest BCUT2D eigenvalue weighted by molar-refractivity contribution is 7.90.